The molecule has 0 bridgehead atoms. The highest BCUT2D eigenvalue weighted by molar-refractivity contribution is 9.10. The molecule has 0 radical (unpaired) electrons. The number of nitrogens with zero attached hydrogens (tertiary/aromatic N) is 3. The molecular formula is C33H26BrN3O5. The van der Waals surface area contributed by atoms with Crippen LogP contribution in [0.1, 0.15) is 47.8 Å². The Labute approximate surface area is 251 Å². The number of anilines is 3. The van der Waals surface area contributed by atoms with E-state index in [-0.39, 0.29) is 11.8 Å². The maximum Gasteiger partial charge on any atom is 0.343 e. The summed E-state index contributed by atoms with van der Waals surface area (Å²) in [7, 11) is 0. The van der Waals surface area contributed by atoms with Crippen molar-refractivity contribution in [3.05, 3.63) is 124 Å². The van der Waals surface area contributed by atoms with E-state index < -0.39 is 11.9 Å². The summed E-state index contributed by atoms with van der Waals surface area (Å²) in [4.78, 5) is 47.7. The highest BCUT2D eigenvalue weighted by atomic mass is 79.9. The minimum atomic E-state index is -0.489. The number of oxime groups is 2. The van der Waals surface area contributed by atoms with E-state index in [0.717, 1.165) is 32.7 Å². The van der Waals surface area contributed by atoms with Gasteiger partial charge in [-0.05, 0) is 92.2 Å². The number of ketones is 1. The summed E-state index contributed by atoms with van der Waals surface area (Å²) >= 11 is 3.40. The molecule has 4 aromatic carbocycles. The van der Waals surface area contributed by atoms with Crippen LogP contribution >= 0.6 is 15.9 Å². The highest BCUT2D eigenvalue weighted by Crippen LogP contribution is 2.35. The number of hydrogen-bond donors (Lipinski definition) is 0. The average Bonchev–Trinajstić information content (AvgIpc) is 3.34. The molecule has 0 spiro atoms. The molecule has 0 N–H and O–H groups in total. The molecule has 4 aromatic rings. The lowest BCUT2D eigenvalue weighted by molar-refractivity contribution is -0.143. The summed E-state index contributed by atoms with van der Waals surface area (Å²) in [5.41, 5.74) is 6.44. The van der Waals surface area contributed by atoms with Crippen molar-refractivity contribution in [3.63, 3.8) is 0 Å². The Hall–Kier alpha value is -4.89. The van der Waals surface area contributed by atoms with Gasteiger partial charge >= 0.3 is 11.9 Å². The number of hydrogen-bond acceptors (Lipinski definition) is 8. The predicted molar refractivity (Wildman–Crippen MR) is 164 cm³/mol. The second-order valence-electron chi connectivity index (χ2n) is 9.68. The van der Waals surface area contributed by atoms with Gasteiger partial charge in [0.2, 0.25) is 0 Å². The first kappa shape index (κ1) is 28.6. The number of carbonyl (C=O) groups excluding carboxylic acids is 3. The Morgan fingerprint density at radius 2 is 1.26 bits per heavy atom. The van der Waals surface area contributed by atoms with Crippen molar-refractivity contribution in [2.45, 2.75) is 20.8 Å². The third kappa shape index (κ3) is 6.21. The zero-order chi connectivity index (χ0) is 29.8. The van der Waals surface area contributed by atoms with Crippen molar-refractivity contribution in [2.24, 2.45) is 16.2 Å². The Morgan fingerprint density at radius 1 is 0.786 bits per heavy atom. The van der Waals surface area contributed by atoms with E-state index in [0.29, 0.717) is 22.6 Å². The van der Waals surface area contributed by atoms with Crippen molar-refractivity contribution in [1.29, 1.82) is 0 Å². The van der Waals surface area contributed by atoms with Crippen LogP contribution in [0.25, 0.3) is 0 Å². The Bertz CT molecular complexity index is 1700. The van der Waals surface area contributed by atoms with Gasteiger partial charge in [0.15, 0.2) is 5.78 Å². The average molecular weight is 624 g/mol. The molecule has 1 unspecified atom stereocenters. The van der Waals surface area contributed by atoms with Gasteiger partial charge in [-0.25, -0.2) is 9.59 Å². The molecule has 0 saturated carbocycles. The molecule has 8 nitrogen and oxygen atoms in total. The standard InChI is InChI=1S/C33H26BrN3O5/c1-20-31(36-42-33(20)40)24-8-16-29(17-9-24)37(28-14-6-23(7-15-28)21(2)35-41-22(3)38)30-18-10-26(11-19-30)32(39)25-4-12-27(34)13-5-25/h4-20H,1-3H3/b35-21+. The van der Waals surface area contributed by atoms with Crippen LogP contribution in [0.4, 0.5) is 17.1 Å². The molecule has 42 heavy (non-hydrogen) atoms. The van der Waals surface area contributed by atoms with E-state index in [1.165, 1.54) is 6.92 Å². The van der Waals surface area contributed by atoms with Crippen LogP contribution in [0.3, 0.4) is 0 Å². The molecule has 210 valence electrons. The maximum atomic E-state index is 13.1. The lowest BCUT2D eigenvalue weighted by Crippen LogP contribution is -2.15. The van der Waals surface area contributed by atoms with Crippen LogP contribution in [0.15, 0.2) is 112 Å². The van der Waals surface area contributed by atoms with Gasteiger partial charge in [0, 0.05) is 45.1 Å². The second-order valence-corrected chi connectivity index (χ2v) is 10.6. The summed E-state index contributed by atoms with van der Waals surface area (Å²) in [5.74, 6) is -1.37. The van der Waals surface area contributed by atoms with E-state index in [9.17, 15) is 14.4 Å². The van der Waals surface area contributed by atoms with Gasteiger partial charge in [-0.1, -0.05) is 50.5 Å². The minimum absolute atomic E-state index is 0.0694. The zero-order valence-electron chi connectivity index (χ0n) is 23.1. The maximum absolute atomic E-state index is 13.1. The number of halogens is 1. The summed E-state index contributed by atoms with van der Waals surface area (Å²) in [6.45, 7) is 4.82. The van der Waals surface area contributed by atoms with Crippen LogP contribution in [0.2, 0.25) is 0 Å². The van der Waals surface area contributed by atoms with Gasteiger partial charge in [0.25, 0.3) is 0 Å². The van der Waals surface area contributed by atoms with Crippen LogP contribution in [0.5, 0.6) is 0 Å². The SMILES string of the molecule is CC(=O)O/N=C(\C)c1ccc(N(c2ccc(C(=O)c3ccc(Br)cc3)cc2)c2ccc(C3=NOC(=O)C3C)cc2)cc1. The summed E-state index contributed by atoms with van der Waals surface area (Å²) in [5, 5.41) is 7.82. The lowest BCUT2D eigenvalue weighted by atomic mass is 9.98. The van der Waals surface area contributed by atoms with Crippen molar-refractivity contribution in [3.8, 4) is 0 Å². The van der Waals surface area contributed by atoms with Crippen molar-refractivity contribution < 1.29 is 24.1 Å². The fourth-order valence-electron chi connectivity index (χ4n) is 4.46. The molecule has 9 heteroatoms. The van der Waals surface area contributed by atoms with Gasteiger partial charge < -0.3 is 14.6 Å². The minimum Gasteiger partial charge on any atom is -0.318 e. The normalized spacial score (nSPS) is 14.7. The van der Waals surface area contributed by atoms with Gasteiger partial charge in [-0.3, -0.25) is 4.79 Å². The molecule has 0 aliphatic carbocycles. The van der Waals surface area contributed by atoms with Crippen molar-refractivity contribution >= 4 is 62.1 Å². The van der Waals surface area contributed by atoms with E-state index in [1.54, 1.807) is 26.0 Å². The summed E-state index contributed by atoms with van der Waals surface area (Å²) < 4.78 is 0.906. The molecule has 0 saturated heterocycles. The smallest absolute Gasteiger partial charge is 0.318 e. The van der Waals surface area contributed by atoms with Gasteiger partial charge in [0.1, 0.15) is 11.6 Å². The Balaban J connectivity index is 1.49. The molecule has 0 aromatic heterocycles. The molecular weight excluding hydrogens is 598 g/mol. The first-order valence-corrected chi connectivity index (χ1v) is 13.9. The number of carbonyl (C=O) groups is 3. The van der Waals surface area contributed by atoms with Crippen LogP contribution in [0, 0.1) is 5.92 Å². The summed E-state index contributed by atoms with van der Waals surface area (Å²) in [6, 6.07) is 30.0. The third-order valence-corrected chi connectivity index (χ3v) is 7.30. The number of benzene rings is 4. The highest BCUT2D eigenvalue weighted by Gasteiger charge is 2.29. The molecule has 1 aliphatic rings. The first-order valence-electron chi connectivity index (χ1n) is 13.1. The topological polar surface area (TPSA) is 97.6 Å². The third-order valence-electron chi connectivity index (χ3n) is 6.77. The van der Waals surface area contributed by atoms with Crippen LogP contribution < -0.4 is 4.90 Å². The molecule has 5 rings (SSSR count). The van der Waals surface area contributed by atoms with Crippen molar-refractivity contribution in [1.82, 2.24) is 0 Å². The van der Waals surface area contributed by atoms with Crippen molar-refractivity contribution in [2.75, 3.05) is 4.90 Å². The summed E-state index contributed by atoms with van der Waals surface area (Å²) in [6.07, 6.45) is 0. The van der Waals surface area contributed by atoms with E-state index in [4.69, 9.17) is 9.68 Å². The predicted octanol–water partition coefficient (Wildman–Crippen LogP) is 7.33. The first-order chi connectivity index (χ1) is 20.2. The number of rotatable bonds is 8. The van der Waals surface area contributed by atoms with Crippen LogP contribution in [-0.2, 0) is 19.3 Å². The molecule has 1 aliphatic heterocycles. The van der Waals surface area contributed by atoms with E-state index in [2.05, 4.69) is 26.2 Å². The largest absolute Gasteiger partial charge is 0.343 e. The molecule has 0 amide bonds. The van der Waals surface area contributed by atoms with E-state index in [1.807, 2.05) is 89.8 Å². The van der Waals surface area contributed by atoms with Gasteiger partial charge in [-0.2, -0.15) is 0 Å². The molecule has 1 atom stereocenters. The second kappa shape index (κ2) is 12.3. The monoisotopic (exact) mass is 623 g/mol. The van der Waals surface area contributed by atoms with Crippen LogP contribution in [-0.4, -0.2) is 29.1 Å². The lowest BCUT2D eigenvalue weighted by Gasteiger charge is -2.26. The van der Waals surface area contributed by atoms with E-state index >= 15 is 0 Å². The zero-order valence-corrected chi connectivity index (χ0v) is 24.7. The Morgan fingerprint density at radius 3 is 1.74 bits per heavy atom. The molecule has 1 heterocycles. The fraction of sp³-hybridized carbons (Fsp3) is 0.121. The fourth-order valence-corrected chi connectivity index (χ4v) is 4.73. The molecule has 0 fully saturated rings. The quantitative estimate of drug-likeness (QED) is 0.0881. The van der Waals surface area contributed by atoms with Gasteiger partial charge in [0.05, 0.1) is 5.71 Å². The van der Waals surface area contributed by atoms with Gasteiger partial charge in [-0.15, -0.1) is 0 Å². The Kier molecular flexibility index (Phi) is 8.40.